The van der Waals surface area contributed by atoms with Crippen LogP contribution < -0.4 is 0 Å². The van der Waals surface area contributed by atoms with Crippen molar-refractivity contribution in [1.29, 1.82) is 0 Å². The largest absolute Gasteiger partial charge is 0.509 e. The van der Waals surface area contributed by atoms with Crippen molar-refractivity contribution in [2.75, 3.05) is 51.4 Å². The summed E-state index contributed by atoms with van der Waals surface area (Å²) in [6, 6.07) is 0. The fourth-order valence-electron chi connectivity index (χ4n) is 0.734. The summed E-state index contributed by atoms with van der Waals surface area (Å²) < 4.78 is 24.6. The van der Waals surface area contributed by atoms with E-state index in [0.29, 0.717) is 33.0 Å². The first-order chi connectivity index (χ1) is 7.81. The maximum Gasteiger partial charge on any atom is 0.509 e. The third kappa shape index (κ3) is 16.6. The van der Waals surface area contributed by atoms with Gasteiger partial charge in [-0.25, -0.2) is 4.79 Å². The molecule has 0 saturated heterocycles. The molecule has 0 N–H and O–H groups in total. The molecular formula is C9H18I2O6. The van der Waals surface area contributed by atoms with Gasteiger partial charge in [-0.15, -0.1) is 24.0 Å². The van der Waals surface area contributed by atoms with E-state index < -0.39 is 6.16 Å². The summed E-state index contributed by atoms with van der Waals surface area (Å²) in [5.41, 5.74) is 0. The van der Waals surface area contributed by atoms with Gasteiger partial charge in [-0.1, -0.05) is 0 Å². The third-order valence-corrected chi connectivity index (χ3v) is 1.74. The Kier molecular flexibility index (Phi) is 19.5. The van der Waals surface area contributed by atoms with Gasteiger partial charge >= 0.3 is 6.16 Å². The highest BCUT2D eigenvalue weighted by atomic mass is 127. The van der Waals surface area contributed by atoms with E-state index in [-0.39, 0.29) is 35.2 Å². The van der Waals surface area contributed by atoms with Crippen LogP contribution in [0.3, 0.4) is 0 Å². The molecule has 0 saturated carbocycles. The quantitative estimate of drug-likeness (QED) is 0.208. The zero-order valence-electron chi connectivity index (χ0n) is 9.69. The average Bonchev–Trinajstić information content (AvgIpc) is 2.27. The Morgan fingerprint density at radius 1 is 0.941 bits per heavy atom. The van der Waals surface area contributed by atoms with Gasteiger partial charge in [-0.2, -0.15) is 0 Å². The SMILES string of the molecule is COCCOCCOCCOC(=O)OCI.I. The molecule has 0 bridgehead atoms. The van der Waals surface area contributed by atoms with Crippen molar-refractivity contribution in [3.8, 4) is 0 Å². The fraction of sp³-hybridized carbons (Fsp3) is 0.889. The first kappa shape index (κ1) is 19.9. The number of carbonyl (C=O) groups excluding carboxylic acids is 1. The van der Waals surface area contributed by atoms with Gasteiger partial charge in [0.25, 0.3) is 0 Å². The lowest BCUT2D eigenvalue weighted by Gasteiger charge is -2.06. The predicted molar refractivity (Wildman–Crippen MR) is 80.2 cm³/mol. The van der Waals surface area contributed by atoms with E-state index in [1.807, 2.05) is 22.6 Å². The van der Waals surface area contributed by atoms with E-state index in [2.05, 4.69) is 9.47 Å². The number of ether oxygens (including phenoxy) is 5. The topological polar surface area (TPSA) is 63.2 Å². The number of hydrogen-bond donors (Lipinski definition) is 0. The number of rotatable bonds is 10. The second kappa shape index (κ2) is 16.6. The zero-order chi connectivity index (χ0) is 12.1. The summed E-state index contributed by atoms with van der Waals surface area (Å²) in [6.07, 6.45) is -0.672. The number of alkyl halides is 1. The number of halogens is 2. The molecule has 8 heteroatoms. The predicted octanol–water partition coefficient (Wildman–Crippen LogP) is 1.83. The average molecular weight is 476 g/mol. The molecule has 0 aliphatic carbocycles. The number of carbonyl (C=O) groups is 1. The van der Waals surface area contributed by atoms with Crippen LogP contribution in [0, 0.1) is 0 Å². The Balaban J connectivity index is 0. The molecular weight excluding hydrogens is 458 g/mol. The monoisotopic (exact) mass is 476 g/mol. The van der Waals surface area contributed by atoms with E-state index in [9.17, 15) is 4.79 Å². The van der Waals surface area contributed by atoms with E-state index in [1.165, 1.54) is 0 Å². The van der Waals surface area contributed by atoms with Gasteiger partial charge in [0.05, 0.1) is 33.0 Å². The summed E-state index contributed by atoms with van der Waals surface area (Å²) in [5, 5.41) is 0. The molecule has 0 spiro atoms. The Labute approximate surface area is 132 Å². The molecule has 17 heavy (non-hydrogen) atoms. The molecule has 0 aromatic heterocycles. The summed E-state index contributed by atoms with van der Waals surface area (Å²) in [5.74, 6) is 0. The van der Waals surface area contributed by atoms with Crippen molar-refractivity contribution in [3.63, 3.8) is 0 Å². The van der Waals surface area contributed by atoms with Gasteiger partial charge in [-0.3, -0.25) is 0 Å². The zero-order valence-corrected chi connectivity index (χ0v) is 14.2. The van der Waals surface area contributed by atoms with Crippen LogP contribution in [0.15, 0.2) is 0 Å². The van der Waals surface area contributed by atoms with E-state index in [1.54, 1.807) is 7.11 Å². The van der Waals surface area contributed by atoms with Crippen molar-refractivity contribution in [2.45, 2.75) is 0 Å². The second-order valence-electron chi connectivity index (χ2n) is 2.57. The molecule has 0 heterocycles. The molecule has 0 aromatic carbocycles. The third-order valence-electron chi connectivity index (χ3n) is 1.42. The molecule has 0 aliphatic heterocycles. The molecule has 0 aromatic rings. The van der Waals surface area contributed by atoms with Gasteiger partial charge in [0, 0.05) is 7.11 Å². The second-order valence-corrected chi connectivity index (χ2v) is 3.19. The van der Waals surface area contributed by atoms with E-state index in [4.69, 9.17) is 14.2 Å². The molecule has 0 aliphatic rings. The Morgan fingerprint density at radius 2 is 1.47 bits per heavy atom. The first-order valence-corrected chi connectivity index (χ1v) is 6.33. The smallest absolute Gasteiger partial charge is 0.432 e. The standard InChI is InChI=1S/C9H17IO6.HI/c1-12-2-3-13-4-5-14-6-7-15-9(11)16-8-10;/h2-8H2,1H3;1H. The molecule has 0 unspecified atom stereocenters. The number of hydrogen-bond acceptors (Lipinski definition) is 6. The summed E-state index contributed by atoms with van der Waals surface area (Å²) in [4.78, 5) is 10.7. The van der Waals surface area contributed by atoms with Crippen LogP contribution in [0.1, 0.15) is 0 Å². The van der Waals surface area contributed by atoms with E-state index in [0.717, 1.165) is 0 Å². The lowest BCUT2D eigenvalue weighted by molar-refractivity contribution is 0.00432. The molecule has 0 rings (SSSR count). The Hall–Kier alpha value is 0.610. The van der Waals surface area contributed by atoms with Gasteiger partial charge < -0.3 is 23.7 Å². The molecule has 0 fully saturated rings. The van der Waals surface area contributed by atoms with Crippen LogP contribution >= 0.6 is 46.6 Å². The van der Waals surface area contributed by atoms with Crippen LogP contribution in [-0.2, 0) is 23.7 Å². The van der Waals surface area contributed by atoms with E-state index >= 15 is 0 Å². The minimum Gasteiger partial charge on any atom is -0.432 e. The summed E-state index contributed by atoms with van der Waals surface area (Å²) >= 11 is 1.91. The molecule has 0 radical (unpaired) electrons. The van der Waals surface area contributed by atoms with Gasteiger partial charge in [0.1, 0.15) is 11.2 Å². The van der Waals surface area contributed by atoms with Gasteiger partial charge in [0.15, 0.2) is 0 Å². The highest BCUT2D eigenvalue weighted by Crippen LogP contribution is 1.90. The van der Waals surface area contributed by atoms with Crippen LogP contribution in [0.5, 0.6) is 0 Å². The van der Waals surface area contributed by atoms with Crippen molar-refractivity contribution in [3.05, 3.63) is 0 Å². The first-order valence-electron chi connectivity index (χ1n) is 4.81. The highest BCUT2D eigenvalue weighted by molar-refractivity contribution is 14.1. The fourth-order valence-corrected chi connectivity index (χ4v) is 0.989. The van der Waals surface area contributed by atoms with Gasteiger partial charge in [-0.05, 0) is 22.6 Å². The van der Waals surface area contributed by atoms with Gasteiger partial charge in [0.2, 0.25) is 0 Å². The summed E-state index contributed by atoms with van der Waals surface area (Å²) in [6.45, 7) is 2.62. The lowest BCUT2D eigenvalue weighted by atomic mass is 10.7. The lowest BCUT2D eigenvalue weighted by Crippen LogP contribution is -2.14. The van der Waals surface area contributed by atoms with Crippen molar-refractivity contribution in [1.82, 2.24) is 0 Å². The normalized spacial score (nSPS) is 9.53. The van der Waals surface area contributed by atoms with Crippen LogP contribution in [0.25, 0.3) is 0 Å². The highest BCUT2D eigenvalue weighted by Gasteiger charge is 2.00. The Morgan fingerprint density at radius 3 is 2.00 bits per heavy atom. The van der Waals surface area contributed by atoms with Crippen molar-refractivity contribution in [2.24, 2.45) is 0 Å². The molecule has 0 atom stereocenters. The van der Waals surface area contributed by atoms with Crippen molar-refractivity contribution >= 4 is 52.7 Å². The minimum atomic E-state index is -0.672. The van der Waals surface area contributed by atoms with Crippen LogP contribution in [-0.4, -0.2) is 57.5 Å². The van der Waals surface area contributed by atoms with Crippen molar-refractivity contribution < 1.29 is 28.5 Å². The minimum absolute atomic E-state index is 0. The maximum absolute atomic E-state index is 10.7. The molecule has 6 nitrogen and oxygen atoms in total. The molecule has 0 amide bonds. The Bertz CT molecular complexity index is 170. The van der Waals surface area contributed by atoms with Crippen LogP contribution in [0.4, 0.5) is 4.79 Å². The number of methoxy groups -OCH3 is 1. The molecule has 104 valence electrons. The summed E-state index contributed by atoms with van der Waals surface area (Å²) in [7, 11) is 1.62. The van der Waals surface area contributed by atoms with Crippen LogP contribution in [0.2, 0.25) is 0 Å². The maximum atomic E-state index is 10.7.